The number of benzene rings is 1. The van der Waals surface area contributed by atoms with Crippen molar-refractivity contribution in [3.05, 3.63) is 46.8 Å². The van der Waals surface area contributed by atoms with Crippen molar-refractivity contribution in [2.75, 3.05) is 16.8 Å². The fraction of sp³-hybridized carbons (Fsp3) is 0.474. The molecule has 2 heterocycles. The summed E-state index contributed by atoms with van der Waals surface area (Å²) in [5.74, 6) is 0.134. The molecule has 7 heteroatoms. The molecule has 0 bridgehead atoms. The van der Waals surface area contributed by atoms with Gasteiger partial charge in [-0.2, -0.15) is 5.10 Å². The number of carbonyl (C=O) groups excluding carboxylic acids is 1. The van der Waals surface area contributed by atoms with Crippen LogP contribution in [0.25, 0.3) is 0 Å². The van der Waals surface area contributed by atoms with Crippen LogP contribution in [0.2, 0.25) is 0 Å². The van der Waals surface area contributed by atoms with E-state index in [1.54, 1.807) is 10.7 Å². The highest BCUT2D eigenvalue weighted by atomic mass is 32.2. The first-order valence-corrected chi connectivity index (χ1v) is 10.7. The lowest BCUT2D eigenvalue weighted by Gasteiger charge is -2.15. The number of hydrogen-bond donors (Lipinski definition) is 1. The van der Waals surface area contributed by atoms with Gasteiger partial charge in [-0.1, -0.05) is 19.9 Å². The second kappa shape index (κ2) is 6.87. The molecule has 1 atom stereocenters. The molecule has 2 aromatic rings. The molecule has 1 saturated heterocycles. The van der Waals surface area contributed by atoms with Gasteiger partial charge in [0.2, 0.25) is 0 Å². The van der Waals surface area contributed by atoms with Gasteiger partial charge < -0.3 is 5.32 Å². The van der Waals surface area contributed by atoms with E-state index in [1.165, 1.54) is 0 Å². The van der Waals surface area contributed by atoms with Crippen LogP contribution in [0.3, 0.4) is 0 Å². The number of hydrogen-bond acceptors (Lipinski definition) is 4. The molecule has 3 rings (SSSR count). The molecule has 0 spiro atoms. The standard InChI is InChI=1S/C19H25N3O3S/c1-12(2)18-10-17(21-22(18)16-7-8-26(24,25)11-16)19(23)20-15-6-5-13(3)14(4)9-15/h5-6,9-10,12,16H,7-8,11H2,1-4H3,(H,20,23)/t16-/m0/s1. The van der Waals surface area contributed by atoms with Gasteiger partial charge in [0, 0.05) is 11.4 Å². The minimum atomic E-state index is -3.02. The van der Waals surface area contributed by atoms with Gasteiger partial charge >= 0.3 is 0 Å². The smallest absolute Gasteiger partial charge is 0.276 e. The van der Waals surface area contributed by atoms with Crippen molar-refractivity contribution < 1.29 is 13.2 Å². The third-order valence-corrected chi connectivity index (χ3v) is 6.66. The molecular weight excluding hydrogens is 350 g/mol. The predicted molar refractivity (Wildman–Crippen MR) is 102 cm³/mol. The van der Waals surface area contributed by atoms with E-state index in [2.05, 4.69) is 10.4 Å². The van der Waals surface area contributed by atoms with Gasteiger partial charge in [-0.3, -0.25) is 9.48 Å². The first kappa shape index (κ1) is 18.6. The van der Waals surface area contributed by atoms with E-state index >= 15 is 0 Å². The fourth-order valence-electron chi connectivity index (χ4n) is 3.23. The summed E-state index contributed by atoms with van der Waals surface area (Å²) >= 11 is 0. The number of carbonyl (C=O) groups is 1. The minimum absolute atomic E-state index is 0.0899. The molecule has 0 radical (unpaired) electrons. The molecule has 1 aliphatic heterocycles. The maximum absolute atomic E-state index is 12.6. The van der Waals surface area contributed by atoms with Crippen LogP contribution in [0.4, 0.5) is 5.69 Å². The van der Waals surface area contributed by atoms with Crippen LogP contribution >= 0.6 is 0 Å². The van der Waals surface area contributed by atoms with Crippen molar-refractivity contribution in [3.8, 4) is 0 Å². The van der Waals surface area contributed by atoms with Crippen LogP contribution in [0, 0.1) is 13.8 Å². The molecule has 1 aromatic heterocycles. The molecule has 0 aliphatic carbocycles. The SMILES string of the molecule is Cc1ccc(NC(=O)c2cc(C(C)C)n([C@H]3CCS(=O)(=O)C3)n2)cc1C. The van der Waals surface area contributed by atoms with Crippen LogP contribution in [-0.2, 0) is 9.84 Å². The Kier molecular flexibility index (Phi) is 4.92. The Labute approximate surface area is 154 Å². The van der Waals surface area contributed by atoms with Gasteiger partial charge in [-0.25, -0.2) is 8.42 Å². The van der Waals surface area contributed by atoms with E-state index in [9.17, 15) is 13.2 Å². The van der Waals surface area contributed by atoms with E-state index in [4.69, 9.17) is 0 Å². The van der Waals surface area contributed by atoms with E-state index < -0.39 is 9.84 Å². The summed E-state index contributed by atoms with van der Waals surface area (Å²) in [7, 11) is -3.02. The summed E-state index contributed by atoms with van der Waals surface area (Å²) in [5, 5.41) is 7.33. The molecule has 140 valence electrons. The van der Waals surface area contributed by atoms with Crippen molar-refractivity contribution in [1.29, 1.82) is 0 Å². The third-order valence-electron chi connectivity index (χ3n) is 4.91. The number of nitrogens with one attached hydrogen (secondary N) is 1. The highest BCUT2D eigenvalue weighted by Crippen LogP contribution is 2.28. The number of aromatic nitrogens is 2. The molecule has 1 fully saturated rings. The minimum Gasteiger partial charge on any atom is -0.321 e. The quantitative estimate of drug-likeness (QED) is 0.889. The average Bonchev–Trinajstić information content (AvgIpc) is 3.14. The van der Waals surface area contributed by atoms with Gasteiger partial charge in [-0.15, -0.1) is 0 Å². The number of sulfone groups is 1. The second-order valence-electron chi connectivity index (χ2n) is 7.36. The molecule has 0 saturated carbocycles. The molecule has 1 aliphatic rings. The van der Waals surface area contributed by atoms with Crippen molar-refractivity contribution in [1.82, 2.24) is 9.78 Å². The Balaban J connectivity index is 1.87. The average molecular weight is 375 g/mol. The summed E-state index contributed by atoms with van der Waals surface area (Å²) in [5.41, 5.74) is 4.19. The number of aryl methyl sites for hydroxylation is 2. The van der Waals surface area contributed by atoms with E-state index in [0.717, 1.165) is 22.5 Å². The van der Waals surface area contributed by atoms with Gasteiger partial charge in [0.05, 0.1) is 17.5 Å². The van der Waals surface area contributed by atoms with Crippen LogP contribution < -0.4 is 5.32 Å². The van der Waals surface area contributed by atoms with E-state index in [1.807, 2.05) is 45.9 Å². The first-order valence-electron chi connectivity index (χ1n) is 8.85. The topological polar surface area (TPSA) is 81.1 Å². The monoisotopic (exact) mass is 375 g/mol. The number of amides is 1. The molecule has 1 N–H and O–H groups in total. The normalized spacial score (nSPS) is 19.0. The van der Waals surface area contributed by atoms with E-state index in [-0.39, 0.29) is 29.4 Å². The second-order valence-corrected chi connectivity index (χ2v) is 9.59. The highest BCUT2D eigenvalue weighted by Gasteiger charge is 2.32. The molecular formula is C19H25N3O3S. The lowest BCUT2D eigenvalue weighted by Crippen LogP contribution is -2.17. The largest absolute Gasteiger partial charge is 0.321 e. The Bertz CT molecular complexity index is 945. The zero-order valence-electron chi connectivity index (χ0n) is 15.6. The summed E-state index contributed by atoms with van der Waals surface area (Å²) in [4.78, 5) is 12.6. The molecule has 0 unspecified atom stereocenters. The highest BCUT2D eigenvalue weighted by molar-refractivity contribution is 7.91. The Hall–Kier alpha value is -2.15. The Morgan fingerprint density at radius 2 is 1.96 bits per heavy atom. The zero-order chi connectivity index (χ0) is 19.1. The van der Waals surface area contributed by atoms with Crippen molar-refractivity contribution in [2.24, 2.45) is 0 Å². The Morgan fingerprint density at radius 3 is 2.54 bits per heavy atom. The summed E-state index contributed by atoms with van der Waals surface area (Å²) < 4.78 is 25.4. The number of rotatable bonds is 4. The molecule has 6 nitrogen and oxygen atoms in total. The van der Waals surface area contributed by atoms with Crippen LogP contribution in [0.5, 0.6) is 0 Å². The number of nitrogens with zero attached hydrogens (tertiary/aromatic N) is 2. The van der Waals surface area contributed by atoms with Gasteiger partial charge in [0.25, 0.3) is 5.91 Å². The van der Waals surface area contributed by atoms with Crippen molar-refractivity contribution in [2.45, 2.75) is 46.1 Å². The van der Waals surface area contributed by atoms with E-state index in [0.29, 0.717) is 12.1 Å². The first-order chi connectivity index (χ1) is 12.2. The lowest BCUT2D eigenvalue weighted by molar-refractivity contribution is 0.102. The third kappa shape index (κ3) is 3.82. The maximum atomic E-state index is 12.6. The zero-order valence-corrected chi connectivity index (χ0v) is 16.4. The van der Waals surface area contributed by atoms with Crippen molar-refractivity contribution in [3.63, 3.8) is 0 Å². The van der Waals surface area contributed by atoms with Gasteiger partial charge in [-0.05, 0) is 55.5 Å². The summed E-state index contributed by atoms with van der Waals surface area (Å²) in [6.45, 7) is 8.05. The Morgan fingerprint density at radius 1 is 1.23 bits per heavy atom. The fourth-order valence-corrected chi connectivity index (χ4v) is 4.92. The molecule has 1 aromatic carbocycles. The lowest BCUT2D eigenvalue weighted by atomic mass is 10.1. The van der Waals surface area contributed by atoms with Crippen molar-refractivity contribution >= 4 is 21.4 Å². The van der Waals surface area contributed by atoms with Gasteiger partial charge in [0.1, 0.15) is 0 Å². The number of anilines is 1. The molecule has 1 amide bonds. The van der Waals surface area contributed by atoms with Crippen LogP contribution in [0.1, 0.15) is 59.5 Å². The summed E-state index contributed by atoms with van der Waals surface area (Å²) in [6, 6.07) is 7.33. The summed E-state index contributed by atoms with van der Waals surface area (Å²) in [6.07, 6.45) is 0.544. The molecule has 26 heavy (non-hydrogen) atoms. The van der Waals surface area contributed by atoms with Crippen LogP contribution in [-0.4, -0.2) is 35.6 Å². The maximum Gasteiger partial charge on any atom is 0.276 e. The predicted octanol–water partition coefficient (Wildman–Crippen LogP) is 3.24. The van der Waals surface area contributed by atoms with Gasteiger partial charge in [0.15, 0.2) is 15.5 Å². The van der Waals surface area contributed by atoms with Crippen LogP contribution in [0.15, 0.2) is 24.3 Å².